The fraction of sp³-hybridized carbons (Fsp3) is 0.368. The lowest BCUT2D eigenvalue weighted by Crippen LogP contribution is -2.29. The first-order valence-corrected chi connectivity index (χ1v) is 9.48. The van der Waals surface area contributed by atoms with Gasteiger partial charge in [-0.1, -0.05) is 18.2 Å². The summed E-state index contributed by atoms with van der Waals surface area (Å²) < 4.78 is 37.8. The van der Waals surface area contributed by atoms with Gasteiger partial charge in [0.2, 0.25) is 10.0 Å². The van der Waals surface area contributed by atoms with Crippen LogP contribution in [0.15, 0.2) is 41.3 Å². The monoisotopic (exact) mass is 363 g/mol. The number of rotatable bonds is 7. The minimum absolute atomic E-state index is 0.313. The van der Waals surface area contributed by atoms with E-state index in [1.54, 1.807) is 40.3 Å². The average Bonchev–Trinajstić information content (AvgIpc) is 2.61. The Bertz CT molecular complexity index is 846. The molecule has 0 bridgehead atoms. The van der Waals surface area contributed by atoms with Crippen LogP contribution in [0.5, 0.6) is 11.5 Å². The van der Waals surface area contributed by atoms with Crippen molar-refractivity contribution in [1.82, 2.24) is 4.31 Å². The van der Waals surface area contributed by atoms with Crippen LogP contribution in [0.25, 0.3) is 0 Å². The van der Waals surface area contributed by atoms with Crippen LogP contribution in [0.3, 0.4) is 0 Å². The van der Waals surface area contributed by atoms with E-state index in [-0.39, 0.29) is 0 Å². The highest BCUT2D eigenvalue weighted by Crippen LogP contribution is 2.27. The molecule has 0 unspecified atom stereocenters. The molecule has 25 heavy (non-hydrogen) atoms. The molecule has 0 saturated heterocycles. The molecule has 0 radical (unpaired) electrons. The zero-order valence-corrected chi connectivity index (χ0v) is 16.2. The highest BCUT2D eigenvalue weighted by Gasteiger charge is 2.24. The summed E-state index contributed by atoms with van der Waals surface area (Å²) in [6, 6.07) is 11.1. The summed E-state index contributed by atoms with van der Waals surface area (Å²) in [7, 11) is 1.22. The van der Waals surface area contributed by atoms with Crippen LogP contribution in [0.1, 0.15) is 16.7 Å². The van der Waals surface area contributed by atoms with Crippen molar-refractivity contribution in [2.24, 2.45) is 0 Å². The molecule has 136 valence electrons. The van der Waals surface area contributed by atoms with Gasteiger partial charge in [0.15, 0.2) is 0 Å². The number of hydrogen-bond donors (Lipinski definition) is 0. The molecular weight excluding hydrogens is 338 g/mol. The van der Waals surface area contributed by atoms with Crippen LogP contribution in [0.2, 0.25) is 0 Å². The second-order valence-corrected chi connectivity index (χ2v) is 7.99. The fourth-order valence-corrected chi connectivity index (χ4v) is 4.20. The molecule has 2 aromatic carbocycles. The van der Waals surface area contributed by atoms with Crippen molar-refractivity contribution in [3.05, 3.63) is 53.1 Å². The summed E-state index contributed by atoms with van der Waals surface area (Å²) in [4.78, 5) is 0.313. The van der Waals surface area contributed by atoms with Gasteiger partial charge in [-0.25, -0.2) is 12.7 Å². The van der Waals surface area contributed by atoms with Crippen LogP contribution in [0.4, 0.5) is 0 Å². The normalized spacial score (nSPS) is 11.6. The molecule has 0 aliphatic carbocycles. The molecule has 0 N–H and O–H groups in total. The summed E-state index contributed by atoms with van der Waals surface area (Å²) in [5.41, 5.74) is 2.45. The van der Waals surface area contributed by atoms with Crippen LogP contribution < -0.4 is 9.47 Å². The van der Waals surface area contributed by atoms with E-state index in [9.17, 15) is 8.42 Å². The van der Waals surface area contributed by atoms with E-state index in [1.165, 1.54) is 4.31 Å². The third-order valence-electron chi connectivity index (χ3n) is 4.27. The lowest BCUT2D eigenvalue weighted by molar-refractivity contribution is 0.405. The number of sulfonamides is 1. The Morgan fingerprint density at radius 2 is 1.60 bits per heavy atom. The van der Waals surface area contributed by atoms with Gasteiger partial charge in [-0.15, -0.1) is 0 Å². The third kappa shape index (κ3) is 4.14. The van der Waals surface area contributed by atoms with Crippen molar-refractivity contribution < 1.29 is 17.9 Å². The van der Waals surface area contributed by atoms with Gasteiger partial charge in [-0.05, 0) is 55.2 Å². The van der Waals surface area contributed by atoms with Gasteiger partial charge >= 0.3 is 0 Å². The smallest absolute Gasteiger partial charge is 0.243 e. The Kier molecular flexibility index (Phi) is 6.08. The molecular formula is C19H25NO4S. The number of likely N-dealkylation sites (N-methyl/N-ethyl adjacent to an activating group) is 1. The SMILES string of the molecule is COc1cc(C)c(S(=O)(=O)N(C)CCc2ccccc2OC)cc1C. The van der Waals surface area contributed by atoms with Crippen LogP contribution in [-0.2, 0) is 16.4 Å². The second kappa shape index (κ2) is 7.89. The van der Waals surface area contributed by atoms with Gasteiger partial charge in [0.05, 0.1) is 19.1 Å². The molecule has 2 rings (SSSR count). The summed E-state index contributed by atoms with van der Waals surface area (Å²) in [6.45, 7) is 3.99. The van der Waals surface area contributed by atoms with Crippen molar-refractivity contribution >= 4 is 10.0 Å². The number of para-hydroxylation sites is 1. The zero-order chi connectivity index (χ0) is 18.6. The molecule has 0 aliphatic rings. The fourth-order valence-electron chi connectivity index (χ4n) is 2.74. The maximum Gasteiger partial charge on any atom is 0.243 e. The second-order valence-electron chi connectivity index (χ2n) is 5.98. The molecule has 2 aromatic rings. The van der Waals surface area contributed by atoms with E-state index in [0.29, 0.717) is 29.2 Å². The van der Waals surface area contributed by atoms with E-state index in [4.69, 9.17) is 9.47 Å². The predicted molar refractivity (Wildman–Crippen MR) is 99.0 cm³/mol. The topological polar surface area (TPSA) is 55.8 Å². The van der Waals surface area contributed by atoms with Crippen molar-refractivity contribution in [3.63, 3.8) is 0 Å². The first-order chi connectivity index (χ1) is 11.8. The number of aryl methyl sites for hydroxylation is 2. The van der Waals surface area contributed by atoms with Gasteiger partial charge < -0.3 is 9.47 Å². The lowest BCUT2D eigenvalue weighted by Gasteiger charge is -2.20. The minimum Gasteiger partial charge on any atom is -0.496 e. The van der Waals surface area contributed by atoms with Crippen molar-refractivity contribution in [3.8, 4) is 11.5 Å². The Balaban J connectivity index is 2.23. The van der Waals surface area contributed by atoms with Crippen molar-refractivity contribution in [2.75, 3.05) is 27.8 Å². The van der Waals surface area contributed by atoms with Gasteiger partial charge in [0, 0.05) is 13.6 Å². The third-order valence-corrected chi connectivity index (χ3v) is 6.27. The van der Waals surface area contributed by atoms with Gasteiger partial charge in [-0.3, -0.25) is 0 Å². The number of hydrogen-bond acceptors (Lipinski definition) is 4. The predicted octanol–water partition coefficient (Wildman–Crippen LogP) is 3.18. The first kappa shape index (κ1) is 19.3. The Hall–Kier alpha value is -2.05. The number of methoxy groups -OCH3 is 2. The van der Waals surface area contributed by atoms with E-state index >= 15 is 0 Å². The zero-order valence-electron chi connectivity index (χ0n) is 15.4. The quantitative estimate of drug-likeness (QED) is 0.758. The molecule has 0 saturated carbocycles. The number of nitrogens with zero attached hydrogens (tertiary/aromatic N) is 1. The number of benzene rings is 2. The highest BCUT2D eigenvalue weighted by molar-refractivity contribution is 7.89. The summed E-state index contributed by atoms with van der Waals surface area (Å²) >= 11 is 0. The van der Waals surface area contributed by atoms with Gasteiger partial charge in [-0.2, -0.15) is 0 Å². The average molecular weight is 363 g/mol. The first-order valence-electron chi connectivity index (χ1n) is 8.04. The van der Waals surface area contributed by atoms with Gasteiger partial charge in [0.25, 0.3) is 0 Å². The molecule has 0 aliphatic heterocycles. The Morgan fingerprint density at radius 1 is 0.960 bits per heavy atom. The van der Waals surface area contributed by atoms with E-state index < -0.39 is 10.0 Å². The highest BCUT2D eigenvalue weighted by atomic mass is 32.2. The van der Waals surface area contributed by atoms with Gasteiger partial charge in [0.1, 0.15) is 11.5 Å². The minimum atomic E-state index is -3.57. The van der Waals surface area contributed by atoms with Crippen LogP contribution in [-0.4, -0.2) is 40.5 Å². The summed E-state index contributed by atoms with van der Waals surface area (Å²) in [5, 5.41) is 0. The lowest BCUT2D eigenvalue weighted by atomic mass is 10.1. The Morgan fingerprint density at radius 3 is 2.24 bits per heavy atom. The largest absolute Gasteiger partial charge is 0.496 e. The molecule has 0 spiro atoms. The molecule has 6 heteroatoms. The van der Waals surface area contributed by atoms with E-state index in [2.05, 4.69) is 0 Å². The Labute approximate surface area is 150 Å². The summed E-state index contributed by atoms with van der Waals surface area (Å²) in [6.07, 6.45) is 0.577. The molecule has 0 fully saturated rings. The maximum absolute atomic E-state index is 12.9. The van der Waals surface area contributed by atoms with Crippen molar-refractivity contribution in [2.45, 2.75) is 25.2 Å². The molecule has 0 atom stereocenters. The molecule has 0 amide bonds. The van der Waals surface area contributed by atoms with Crippen LogP contribution in [0, 0.1) is 13.8 Å². The standard InChI is InChI=1S/C19H25NO4S/c1-14-13-19(15(2)12-18(14)24-5)25(21,22)20(3)11-10-16-8-6-7-9-17(16)23-4/h6-9,12-13H,10-11H2,1-5H3. The van der Waals surface area contributed by atoms with E-state index in [1.807, 2.05) is 31.2 Å². The summed E-state index contributed by atoms with van der Waals surface area (Å²) in [5.74, 6) is 1.46. The van der Waals surface area contributed by atoms with E-state index in [0.717, 1.165) is 16.9 Å². The molecule has 5 nitrogen and oxygen atoms in total. The number of ether oxygens (including phenoxy) is 2. The molecule has 0 heterocycles. The molecule has 0 aromatic heterocycles. The maximum atomic E-state index is 12.9. The van der Waals surface area contributed by atoms with Crippen LogP contribution >= 0.6 is 0 Å². The van der Waals surface area contributed by atoms with Crippen molar-refractivity contribution in [1.29, 1.82) is 0 Å².